The van der Waals surface area contributed by atoms with Gasteiger partial charge in [0.05, 0.1) is 10.6 Å². The number of aryl methyl sites for hydroxylation is 1. The average Bonchev–Trinajstić information content (AvgIpc) is 2.27. The lowest BCUT2D eigenvalue weighted by Crippen LogP contribution is -2.42. The van der Waals surface area contributed by atoms with Gasteiger partial charge in [0, 0.05) is 12.6 Å². The van der Waals surface area contributed by atoms with Crippen molar-refractivity contribution in [1.29, 1.82) is 0 Å². The Kier molecular flexibility index (Phi) is 5.52. The zero-order valence-corrected chi connectivity index (χ0v) is 13.2. The molecule has 0 aliphatic carbocycles. The van der Waals surface area contributed by atoms with Crippen molar-refractivity contribution in [1.82, 2.24) is 9.80 Å². The highest BCUT2D eigenvalue weighted by Gasteiger charge is 2.23. The van der Waals surface area contributed by atoms with Gasteiger partial charge in [-0.15, -0.1) is 0 Å². The van der Waals surface area contributed by atoms with E-state index in [1.807, 2.05) is 57.0 Å². The molecule has 0 heterocycles. The summed E-state index contributed by atoms with van der Waals surface area (Å²) in [6.45, 7) is 2.67. The molecule has 108 valence electrons. The van der Waals surface area contributed by atoms with Gasteiger partial charge in [-0.05, 0) is 47.2 Å². The van der Waals surface area contributed by atoms with E-state index in [0.29, 0.717) is 4.90 Å². The molecule has 1 aromatic rings. The molecule has 0 amide bonds. The van der Waals surface area contributed by atoms with Crippen LogP contribution in [0.15, 0.2) is 29.2 Å². The third-order valence-corrected chi connectivity index (χ3v) is 4.91. The van der Waals surface area contributed by atoms with Gasteiger partial charge in [0.15, 0.2) is 9.84 Å². The first-order valence-corrected chi connectivity index (χ1v) is 7.98. The Balaban J connectivity index is 2.90. The maximum Gasteiger partial charge on any atom is 0.179 e. The Morgan fingerprint density at radius 3 is 2.00 bits per heavy atom. The first kappa shape index (κ1) is 16.1. The van der Waals surface area contributed by atoms with Crippen LogP contribution in [0, 0.1) is 6.92 Å². The summed E-state index contributed by atoms with van der Waals surface area (Å²) < 4.78 is 24.8. The molecule has 0 fully saturated rings. The van der Waals surface area contributed by atoms with Crippen molar-refractivity contribution in [2.45, 2.75) is 17.9 Å². The Morgan fingerprint density at radius 1 is 1.05 bits per heavy atom. The minimum Gasteiger partial charge on any atom is -0.308 e. The predicted molar refractivity (Wildman–Crippen MR) is 79.3 cm³/mol. The quantitative estimate of drug-likeness (QED) is 0.788. The summed E-state index contributed by atoms with van der Waals surface area (Å²) in [6, 6.07) is 7.04. The number of sulfone groups is 1. The van der Waals surface area contributed by atoms with E-state index in [9.17, 15) is 8.42 Å². The fourth-order valence-electron chi connectivity index (χ4n) is 1.88. The smallest absolute Gasteiger partial charge is 0.179 e. The number of likely N-dealkylation sites (N-methyl/N-ethyl adjacent to an activating group) is 2. The molecule has 0 saturated carbocycles. The summed E-state index contributed by atoms with van der Waals surface area (Å²) in [5.41, 5.74) is 1.07. The fraction of sp³-hybridized carbons (Fsp3) is 0.571. The van der Waals surface area contributed by atoms with Crippen LogP contribution in [0.25, 0.3) is 0 Å². The van der Waals surface area contributed by atoms with Gasteiger partial charge >= 0.3 is 0 Å². The van der Waals surface area contributed by atoms with Crippen molar-refractivity contribution in [3.63, 3.8) is 0 Å². The summed E-state index contributed by atoms with van der Waals surface area (Å²) in [6.07, 6.45) is 0. The molecule has 1 rings (SSSR count). The Hall–Kier alpha value is -0.910. The molecular weight excluding hydrogens is 260 g/mol. The first-order valence-electron chi connectivity index (χ1n) is 6.33. The normalized spacial score (nSPS) is 14.1. The molecule has 0 aliphatic heterocycles. The van der Waals surface area contributed by atoms with E-state index in [4.69, 9.17) is 0 Å². The molecular formula is C14H24N2O2S. The standard InChI is InChI=1S/C14H24N2O2S/c1-12-6-8-14(9-7-12)19(17,18)11-13(16(4)5)10-15(2)3/h6-9,13H,10-11H2,1-5H3. The minimum atomic E-state index is -3.24. The van der Waals surface area contributed by atoms with Gasteiger partial charge in [0.1, 0.15) is 0 Å². The van der Waals surface area contributed by atoms with Crippen LogP contribution in [0.5, 0.6) is 0 Å². The summed E-state index contributed by atoms with van der Waals surface area (Å²) in [5.74, 6) is 0.140. The van der Waals surface area contributed by atoms with Gasteiger partial charge in [0.2, 0.25) is 0 Å². The molecule has 0 bridgehead atoms. The third kappa shape index (κ3) is 4.93. The second-order valence-corrected chi connectivity index (χ2v) is 7.51. The summed E-state index contributed by atoms with van der Waals surface area (Å²) in [7, 11) is 4.50. The molecule has 19 heavy (non-hydrogen) atoms. The zero-order chi connectivity index (χ0) is 14.6. The predicted octanol–water partition coefficient (Wildman–Crippen LogP) is 1.26. The molecule has 4 nitrogen and oxygen atoms in total. The van der Waals surface area contributed by atoms with E-state index < -0.39 is 9.84 Å². The van der Waals surface area contributed by atoms with Crippen LogP contribution in [-0.2, 0) is 9.84 Å². The summed E-state index contributed by atoms with van der Waals surface area (Å²) in [4.78, 5) is 4.38. The lowest BCUT2D eigenvalue weighted by atomic mass is 10.2. The highest BCUT2D eigenvalue weighted by atomic mass is 32.2. The van der Waals surface area contributed by atoms with Crippen molar-refractivity contribution in [3.05, 3.63) is 29.8 Å². The molecule has 0 saturated heterocycles. The monoisotopic (exact) mass is 284 g/mol. The van der Waals surface area contributed by atoms with E-state index in [2.05, 4.69) is 0 Å². The van der Waals surface area contributed by atoms with E-state index in [0.717, 1.165) is 12.1 Å². The SMILES string of the molecule is Cc1ccc(S(=O)(=O)CC(CN(C)C)N(C)C)cc1. The molecule has 0 aromatic heterocycles. The van der Waals surface area contributed by atoms with Crippen molar-refractivity contribution in [3.8, 4) is 0 Å². The first-order chi connectivity index (χ1) is 8.72. The van der Waals surface area contributed by atoms with Crippen LogP contribution >= 0.6 is 0 Å². The summed E-state index contributed by atoms with van der Waals surface area (Å²) >= 11 is 0. The topological polar surface area (TPSA) is 40.6 Å². The van der Waals surface area contributed by atoms with Crippen LogP contribution in [-0.4, -0.2) is 64.7 Å². The Labute approximate surface area is 116 Å². The van der Waals surface area contributed by atoms with E-state index in [1.165, 1.54) is 0 Å². The Morgan fingerprint density at radius 2 is 1.58 bits per heavy atom. The van der Waals surface area contributed by atoms with Gasteiger partial charge in [-0.1, -0.05) is 17.7 Å². The van der Waals surface area contributed by atoms with Gasteiger partial charge in [0.25, 0.3) is 0 Å². The van der Waals surface area contributed by atoms with Crippen LogP contribution < -0.4 is 0 Å². The van der Waals surface area contributed by atoms with Gasteiger partial charge < -0.3 is 9.80 Å². The zero-order valence-electron chi connectivity index (χ0n) is 12.4. The van der Waals surface area contributed by atoms with Crippen molar-refractivity contribution < 1.29 is 8.42 Å². The third-order valence-electron chi connectivity index (χ3n) is 3.10. The molecule has 1 atom stereocenters. The lowest BCUT2D eigenvalue weighted by Gasteiger charge is -2.27. The maximum absolute atomic E-state index is 12.4. The van der Waals surface area contributed by atoms with Crippen LogP contribution in [0.3, 0.4) is 0 Å². The highest BCUT2D eigenvalue weighted by molar-refractivity contribution is 7.91. The molecule has 0 radical (unpaired) electrons. The van der Waals surface area contributed by atoms with Gasteiger partial charge in [-0.3, -0.25) is 0 Å². The molecule has 0 N–H and O–H groups in total. The minimum absolute atomic E-state index is 0.0127. The van der Waals surface area contributed by atoms with Crippen molar-refractivity contribution in [2.75, 3.05) is 40.5 Å². The largest absolute Gasteiger partial charge is 0.308 e. The van der Waals surface area contributed by atoms with Crippen LogP contribution in [0.1, 0.15) is 5.56 Å². The number of benzene rings is 1. The summed E-state index contributed by atoms with van der Waals surface area (Å²) in [5, 5.41) is 0. The molecule has 0 spiro atoms. The van der Waals surface area contributed by atoms with Crippen molar-refractivity contribution in [2.24, 2.45) is 0 Å². The molecule has 5 heteroatoms. The van der Waals surface area contributed by atoms with E-state index in [-0.39, 0.29) is 11.8 Å². The Bertz CT molecular complexity index is 493. The number of hydrogen-bond acceptors (Lipinski definition) is 4. The van der Waals surface area contributed by atoms with Crippen LogP contribution in [0.2, 0.25) is 0 Å². The lowest BCUT2D eigenvalue weighted by molar-refractivity contribution is 0.245. The number of hydrogen-bond donors (Lipinski definition) is 0. The number of nitrogens with zero attached hydrogens (tertiary/aromatic N) is 2. The van der Waals surface area contributed by atoms with Gasteiger partial charge in [-0.2, -0.15) is 0 Å². The van der Waals surface area contributed by atoms with E-state index >= 15 is 0 Å². The fourth-order valence-corrected chi connectivity index (χ4v) is 3.53. The molecule has 0 aliphatic rings. The second kappa shape index (κ2) is 6.50. The average molecular weight is 284 g/mol. The maximum atomic E-state index is 12.4. The van der Waals surface area contributed by atoms with Gasteiger partial charge in [-0.25, -0.2) is 8.42 Å². The molecule has 1 aromatic carbocycles. The van der Waals surface area contributed by atoms with Crippen LogP contribution in [0.4, 0.5) is 0 Å². The van der Waals surface area contributed by atoms with Crippen molar-refractivity contribution >= 4 is 9.84 Å². The number of rotatable bonds is 6. The molecule has 1 unspecified atom stereocenters. The second-order valence-electron chi connectivity index (χ2n) is 5.47. The van der Waals surface area contributed by atoms with E-state index in [1.54, 1.807) is 12.1 Å². The highest BCUT2D eigenvalue weighted by Crippen LogP contribution is 2.14.